The predicted molar refractivity (Wildman–Crippen MR) is 110 cm³/mol. The highest BCUT2D eigenvalue weighted by Gasteiger charge is 2.10. The Morgan fingerprint density at radius 3 is 2.46 bits per heavy atom. The fourth-order valence-electron chi connectivity index (χ4n) is 2.53. The number of nitrogens with one attached hydrogen (secondary N) is 1. The second-order valence-electron chi connectivity index (χ2n) is 5.94. The molecule has 1 N–H and O–H groups in total. The normalized spacial score (nSPS) is 11.0. The summed E-state index contributed by atoms with van der Waals surface area (Å²) in [7, 11) is 0. The van der Waals surface area contributed by atoms with Crippen LogP contribution in [0.2, 0.25) is 10.0 Å². The van der Waals surface area contributed by atoms with Gasteiger partial charge in [-0.25, -0.2) is 0 Å². The van der Waals surface area contributed by atoms with Crippen molar-refractivity contribution < 1.29 is 14.1 Å². The van der Waals surface area contributed by atoms with Crippen molar-refractivity contribution in [3.05, 3.63) is 86.1 Å². The molecule has 3 aromatic rings. The Labute approximate surface area is 170 Å². The van der Waals surface area contributed by atoms with E-state index < -0.39 is 4.92 Å². The first-order valence-corrected chi connectivity index (χ1v) is 8.88. The van der Waals surface area contributed by atoms with Gasteiger partial charge >= 0.3 is 0 Å². The molecule has 0 aliphatic rings. The summed E-state index contributed by atoms with van der Waals surface area (Å²) in [6, 6.07) is 12.8. The van der Waals surface area contributed by atoms with E-state index in [4.69, 9.17) is 27.6 Å². The molecule has 1 amide bonds. The predicted octanol–water partition coefficient (Wildman–Crippen LogP) is 6.12. The maximum Gasteiger partial charge on any atom is 0.269 e. The van der Waals surface area contributed by atoms with E-state index in [9.17, 15) is 14.9 Å². The van der Waals surface area contributed by atoms with Gasteiger partial charge in [-0.3, -0.25) is 14.9 Å². The molecule has 0 radical (unpaired) electrons. The first kappa shape index (κ1) is 19.7. The first-order valence-electron chi connectivity index (χ1n) is 8.12. The number of anilines is 1. The van der Waals surface area contributed by atoms with E-state index in [1.54, 1.807) is 37.3 Å². The monoisotopic (exact) mass is 416 g/mol. The molecular weight excluding hydrogens is 403 g/mol. The lowest BCUT2D eigenvalue weighted by Gasteiger charge is -2.05. The summed E-state index contributed by atoms with van der Waals surface area (Å²) in [4.78, 5) is 22.4. The van der Waals surface area contributed by atoms with Gasteiger partial charge in [0.1, 0.15) is 11.5 Å². The number of carbonyl (C=O) groups is 1. The van der Waals surface area contributed by atoms with Crippen LogP contribution in [0.1, 0.15) is 11.3 Å². The third-order valence-corrected chi connectivity index (χ3v) is 4.29. The van der Waals surface area contributed by atoms with E-state index in [0.29, 0.717) is 32.8 Å². The molecule has 0 saturated carbocycles. The van der Waals surface area contributed by atoms with Crippen LogP contribution in [0.4, 0.5) is 11.4 Å². The largest absolute Gasteiger partial charge is 0.457 e. The van der Waals surface area contributed by atoms with Gasteiger partial charge in [0.2, 0.25) is 5.91 Å². The van der Waals surface area contributed by atoms with E-state index in [-0.39, 0.29) is 11.6 Å². The number of nitro groups is 1. The van der Waals surface area contributed by atoms with Crippen LogP contribution >= 0.6 is 23.2 Å². The molecule has 8 heteroatoms. The highest BCUT2D eigenvalue weighted by molar-refractivity contribution is 6.35. The Hall–Kier alpha value is -3.09. The molecule has 0 fully saturated rings. The van der Waals surface area contributed by atoms with Gasteiger partial charge in [0.25, 0.3) is 5.69 Å². The van der Waals surface area contributed by atoms with Gasteiger partial charge in [0.15, 0.2) is 0 Å². The van der Waals surface area contributed by atoms with Crippen molar-refractivity contribution in [2.24, 2.45) is 0 Å². The molecule has 6 nitrogen and oxygen atoms in total. The molecule has 2 aromatic carbocycles. The van der Waals surface area contributed by atoms with Crippen LogP contribution in [0, 0.1) is 17.0 Å². The van der Waals surface area contributed by atoms with Gasteiger partial charge in [-0.15, -0.1) is 0 Å². The van der Waals surface area contributed by atoms with Crippen LogP contribution in [0.25, 0.3) is 17.4 Å². The minimum absolute atomic E-state index is 0.0322. The van der Waals surface area contributed by atoms with Gasteiger partial charge in [-0.1, -0.05) is 23.2 Å². The molecule has 1 heterocycles. The van der Waals surface area contributed by atoms with Crippen LogP contribution in [-0.2, 0) is 4.79 Å². The molecule has 28 heavy (non-hydrogen) atoms. The van der Waals surface area contributed by atoms with Crippen molar-refractivity contribution in [1.82, 2.24) is 0 Å². The number of non-ortho nitro benzene ring substituents is 1. The summed E-state index contributed by atoms with van der Waals surface area (Å²) in [5.41, 5.74) is 1.78. The number of aryl methyl sites for hydroxylation is 1. The van der Waals surface area contributed by atoms with E-state index in [0.717, 1.165) is 5.56 Å². The number of furan rings is 1. The standard InChI is InChI=1S/C20H14Cl2N2O4/c1-12-8-16(24(26)27)2-5-18(12)23-20(25)7-4-17-3-6-19(28-17)13-9-14(21)11-15(22)10-13/h2-11H,1H3,(H,23,25)/b7-4+. The Morgan fingerprint density at radius 2 is 1.82 bits per heavy atom. The molecule has 0 aliphatic carbocycles. The number of halogens is 2. The molecule has 0 aliphatic heterocycles. The van der Waals surface area contributed by atoms with Crippen LogP contribution in [0.5, 0.6) is 0 Å². The Bertz CT molecular complexity index is 1070. The molecule has 0 unspecified atom stereocenters. The topological polar surface area (TPSA) is 85.4 Å². The average Bonchev–Trinajstić information content (AvgIpc) is 3.10. The first-order chi connectivity index (χ1) is 13.3. The third-order valence-electron chi connectivity index (χ3n) is 3.85. The van der Waals surface area contributed by atoms with E-state index in [1.807, 2.05) is 0 Å². The van der Waals surface area contributed by atoms with Crippen molar-refractivity contribution in [3.8, 4) is 11.3 Å². The van der Waals surface area contributed by atoms with Crippen LogP contribution < -0.4 is 5.32 Å². The summed E-state index contributed by atoms with van der Waals surface area (Å²) in [6.07, 6.45) is 2.83. The Morgan fingerprint density at radius 1 is 1.11 bits per heavy atom. The van der Waals surface area contributed by atoms with Crippen LogP contribution in [-0.4, -0.2) is 10.8 Å². The second-order valence-corrected chi connectivity index (χ2v) is 6.81. The summed E-state index contributed by atoms with van der Waals surface area (Å²) in [6.45, 7) is 1.68. The lowest BCUT2D eigenvalue weighted by molar-refractivity contribution is -0.384. The average molecular weight is 417 g/mol. The summed E-state index contributed by atoms with van der Waals surface area (Å²) in [5.74, 6) is 0.651. The zero-order valence-electron chi connectivity index (χ0n) is 14.6. The second kappa shape index (κ2) is 8.29. The quantitative estimate of drug-likeness (QED) is 0.308. The molecule has 3 rings (SSSR count). The van der Waals surface area contributed by atoms with Crippen molar-refractivity contribution in [2.75, 3.05) is 5.32 Å². The molecule has 0 bridgehead atoms. The van der Waals surface area contributed by atoms with Gasteiger partial charge in [-0.05, 0) is 55.0 Å². The number of amides is 1. The number of benzene rings is 2. The Kier molecular flexibility index (Phi) is 5.82. The van der Waals surface area contributed by atoms with Crippen molar-refractivity contribution in [2.45, 2.75) is 6.92 Å². The summed E-state index contributed by atoms with van der Waals surface area (Å²) < 4.78 is 5.69. The number of carbonyl (C=O) groups excluding carboxylic acids is 1. The van der Waals surface area contributed by atoms with Crippen LogP contribution in [0.15, 0.2) is 59.0 Å². The zero-order valence-corrected chi connectivity index (χ0v) is 16.1. The molecule has 0 spiro atoms. The molecular formula is C20H14Cl2N2O4. The third kappa shape index (κ3) is 4.79. The molecule has 1 aromatic heterocycles. The highest BCUT2D eigenvalue weighted by atomic mass is 35.5. The number of nitro benzene ring substituents is 1. The van der Waals surface area contributed by atoms with Gasteiger partial charge in [0, 0.05) is 39.5 Å². The molecule has 0 saturated heterocycles. The minimum Gasteiger partial charge on any atom is -0.457 e. The van der Waals surface area contributed by atoms with Crippen molar-refractivity contribution in [3.63, 3.8) is 0 Å². The summed E-state index contributed by atoms with van der Waals surface area (Å²) in [5, 5.41) is 14.4. The van der Waals surface area contributed by atoms with Crippen molar-refractivity contribution >= 4 is 46.6 Å². The SMILES string of the molecule is Cc1cc([N+](=O)[O-])ccc1NC(=O)/C=C/c1ccc(-c2cc(Cl)cc(Cl)c2)o1. The van der Waals surface area contributed by atoms with E-state index >= 15 is 0 Å². The fraction of sp³-hybridized carbons (Fsp3) is 0.0500. The minimum atomic E-state index is -0.486. The van der Waals surface area contributed by atoms with Gasteiger partial charge < -0.3 is 9.73 Å². The molecule has 142 valence electrons. The number of nitrogens with zero attached hydrogens (tertiary/aromatic N) is 1. The maximum atomic E-state index is 12.1. The lowest BCUT2D eigenvalue weighted by atomic mass is 10.2. The number of hydrogen-bond acceptors (Lipinski definition) is 4. The van der Waals surface area contributed by atoms with Gasteiger partial charge in [0.05, 0.1) is 4.92 Å². The van der Waals surface area contributed by atoms with Crippen LogP contribution in [0.3, 0.4) is 0 Å². The van der Waals surface area contributed by atoms with E-state index in [1.165, 1.54) is 30.4 Å². The summed E-state index contributed by atoms with van der Waals surface area (Å²) >= 11 is 12.0. The highest BCUT2D eigenvalue weighted by Crippen LogP contribution is 2.29. The number of hydrogen-bond donors (Lipinski definition) is 1. The van der Waals surface area contributed by atoms with E-state index in [2.05, 4.69) is 5.32 Å². The van der Waals surface area contributed by atoms with Gasteiger partial charge in [-0.2, -0.15) is 0 Å². The van der Waals surface area contributed by atoms with Crippen molar-refractivity contribution in [1.29, 1.82) is 0 Å². The maximum absolute atomic E-state index is 12.1. The fourth-order valence-corrected chi connectivity index (χ4v) is 3.05. The smallest absolute Gasteiger partial charge is 0.269 e. The Balaban J connectivity index is 1.70. The lowest BCUT2D eigenvalue weighted by Crippen LogP contribution is -2.09. The molecule has 0 atom stereocenters. The zero-order chi connectivity index (χ0) is 20.3. The number of rotatable bonds is 5.